The van der Waals surface area contributed by atoms with Gasteiger partial charge in [-0.05, 0) is 0 Å². The Hall–Kier alpha value is 0.180. The molecular weight excluding hydrogens is 263 g/mol. The van der Waals surface area contributed by atoms with Gasteiger partial charge in [0.25, 0.3) is 0 Å². The van der Waals surface area contributed by atoms with Crippen LogP contribution in [0.5, 0.6) is 0 Å². The Bertz CT molecular complexity index is 221. The van der Waals surface area contributed by atoms with E-state index in [1.54, 1.807) is 0 Å². The lowest BCUT2D eigenvalue weighted by Gasteiger charge is -2.35. The molecule has 0 aliphatic carbocycles. The molecular formula is C9H15IN2. The van der Waals surface area contributed by atoms with Crippen molar-refractivity contribution in [3.05, 3.63) is 0 Å². The lowest BCUT2D eigenvalue weighted by Crippen LogP contribution is -3.00. The van der Waals surface area contributed by atoms with Crippen molar-refractivity contribution in [1.29, 1.82) is 5.26 Å². The monoisotopic (exact) mass is 278 g/mol. The molecule has 2 saturated heterocycles. The minimum atomic E-state index is -0.00926. The maximum atomic E-state index is 9.11. The van der Waals surface area contributed by atoms with Gasteiger partial charge in [-0.25, -0.2) is 0 Å². The second-order valence-electron chi connectivity index (χ2n) is 4.41. The van der Waals surface area contributed by atoms with Crippen LogP contribution in [0.2, 0.25) is 0 Å². The normalized spacial score (nSPS) is 41.9. The van der Waals surface area contributed by atoms with E-state index in [0.29, 0.717) is 0 Å². The smallest absolute Gasteiger partial charge is 0.186 e. The summed E-state index contributed by atoms with van der Waals surface area (Å²) in [7, 11) is 4.43. The van der Waals surface area contributed by atoms with Crippen LogP contribution in [0.1, 0.15) is 25.7 Å². The second kappa shape index (κ2) is 2.85. The Morgan fingerprint density at radius 1 is 1.33 bits per heavy atom. The van der Waals surface area contributed by atoms with Crippen LogP contribution < -0.4 is 24.0 Å². The molecule has 2 heterocycles. The second-order valence-corrected chi connectivity index (χ2v) is 4.41. The van der Waals surface area contributed by atoms with E-state index in [0.717, 1.165) is 23.4 Å². The molecule has 0 amide bonds. The van der Waals surface area contributed by atoms with Crippen LogP contribution in [0.15, 0.2) is 0 Å². The quantitative estimate of drug-likeness (QED) is 0.382. The molecule has 2 aliphatic heterocycles. The van der Waals surface area contributed by atoms with Gasteiger partial charge in [0, 0.05) is 25.7 Å². The van der Waals surface area contributed by atoms with E-state index in [1.165, 1.54) is 12.8 Å². The Labute approximate surface area is 91.2 Å². The third kappa shape index (κ3) is 0.942. The van der Waals surface area contributed by atoms with E-state index in [2.05, 4.69) is 20.2 Å². The Morgan fingerprint density at radius 3 is 2.00 bits per heavy atom. The molecule has 0 radical (unpaired) electrons. The summed E-state index contributed by atoms with van der Waals surface area (Å²) in [6, 6.07) is 3.30. The number of rotatable bonds is 0. The highest BCUT2D eigenvalue weighted by molar-refractivity contribution is 5.10. The van der Waals surface area contributed by atoms with Crippen LogP contribution in [-0.2, 0) is 0 Å². The number of halogens is 1. The van der Waals surface area contributed by atoms with E-state index in [4.69, 9.17) is 5.26 Å². The lowest BCUT2D eigenvalue weighted by atomic mass is 9.89. The zero-order chi connectivity index (χ0) is 8.11. The van der Waals surface area contributed by atoms with Crippen molar-refractivity contribution in [2.45, 2.75) is 37.3 Å². The van der Waals surface area contributed by atoms with Crippen LogP contribution in [0.3, 0.4) is 0 Å². The average Bonchev–Trinajstić information content (AvgIpc) is 2.39. The maximum absolute atomic E-state index is 9.11. The van der Waals surface area contributed by atoms with Crippen LogP contribution in [0.25, 0.3) is 0 Å². The highest BCUT2D eigenvalue weighted by Gasteiger charge is 2.60. The van der Waals surface area contributed by atoms with Crippen molar-refractivity contribution in [2.75, 3.05) is 14.1 Å². The third-order valence-electron chi connectivity index (χ3n) is 4.01. The van der Waals surface area contributed by atoms with Gasteiger partial charge in [0.2, 0.25) is 0 Å². The summed E-state index contributed by atoms with van der Waals surface area (Å²) in [6.45, 7) is 0. The number of quaternary nitrogens is 1. The summed E-state index contributed by atoms with van der Waals surface area (Å²) < 4.78 is 0.962. The van der Waals surface area contributed by atoms with Gasteiger partial charge in [0.05, 0.1) is 20.1 Å². The molecule has 0 saturated carbocycles. The van der Waals surface area contributed by atoms with Crippen LogP contribution in [0, 0.1) is 11.3 Å². The zero-order valence-corrected chi connectivity index (χ0v) is 9.84. The summed E-state index contributed by atoms with van der Waals surface area (Å²) in [5, 5.41) is 9.11. The van der Waals surface area contributed by atoms with E-state index < -0.39 is 0 Å². The fourth-order valence-electron chi connectivity index (χ4n) is 2.89. The number of hydrogen-bond acceptors (Lipinski definition) is 1. The lowest BCUT2D eigenvalue weighted by molar-refractivity contribution is -0.928. The first-order valence-corrected chi connectivity index (χ1v) is 4.37. The molecule has 0 unspecified atom stereocenters. The van der Waals surface area contributed by atoms with Crippen molar-refractivity contribution in [3.8, 4) is 6.07 Å². The van der Waals surface area contributed by atoms with E-state index in [-0.39, 0.29) is 29.5 Å². The molecule has 3 heteroatoms. The molecule has 2 fully saturated rings. The van der Waals surface area contributed by atoms with Gasteiger partial charge in [-0.2, -0.15) is 5.26 Å². The Kier molecular flexibility index (Phi) is 2.43. The van der Waals surface area contributed by atoms with E-state index in [9.17, 15) is 0 Å². The molecule has 0 spiro atoms. The highest BCUT2D eigenvalue weighted by Crippen LogP contribution is 2.49. The van der Waals surface area contributed by atoms with E-state index >= 15 is 0 Å². The first kappa shape index (κ1) is 10.3. The van der Waals surface area contributed by atoms with Crippen LogP contribution in [0.4, 0.5) is 0 Å². The van der Waals surface area contributed by atoms with Crippen molar-refractivity contribution < 1.29 is 28.5 Å². The molecule has 0 atom stereocenters. The first-order valence-electron chi connectivity index (χ1n) is 4.37. The van der Waals surface area contributed by atoms with E-state index in [1.807, 2.05) is 0 Å². The molecule has 0 aromatic carbocycles. The Balaban J connectivity index is 0.000000720. The van der Waals surface area contributed by atoms with Crippen molar-refractivity contribution in [3.63, 3.8) is 0 Å². The van der Waals surface area contributed by atoms with Crippen molar-refractivity contribution in [1.82, 2.24) is 0 Å². The van der Waals surface area contributed by atoms with Gasteiger partial charge >= 0.3 is 0 Å². The summed E-state index contributed by atoms with van der Waals surface area (Å²) in [4.78, 5) is 0. The molecule has 2 rings (SSSR count). The minimum Gasteiger partial charge on any atom is -1.00 e. The first-order chi connectivity index (χ1) is 5.12. The molecule has 68 valence electrons. The summed E-state index contributed by atoms with van der Waals surface area (Å²) >= 11 is 0. The highest BCUT2D eigenvalue weighted by atomic mass is 127. The molecule has 0 aromatic heterocycles. The van der Waals surface area contributed by atoms with Gasteiger partial charge in [-0.15, -0.1) is 0 Å². The minimum absolute atomic E-state index is 0. The maximum Gasteiger partial charge on any atom is 0.186 e. The zero-order valence-electron chi connectivity index (χ0n) is 7.68. The SMILES string of the molecule is C[N+]1(C)C2CCC1(C#N)CC2.[I-]. The van der Waals surface area contributed by atoms with Crippen LogP contribution >= 0.6 is 0 Å². The predicted octanol–water partition coefficient (Wildman–Crippen LogP) is -1.71. The fraction of sp³-hybridized carbons (Fsp3) is 0.889. The van der Waals surface area contributed by atoms with Gasteiger partial charge in [0.15, 0.2) is 5.54 Å². The molecule has 2 aliphatic rings. The molecule has 0 N–H and O–H groups in total. The average molecular weight is 278 g/mol. The van der Waals surface area contributed by atoms with Gasteiger partial charge in [-0.1, -0.05) is 0 Å². The summed E-state index contributed by atoms with van der Waals surface area (Å²) in [5.74, 6) is 0. The van der Waals surface area contributed by atoms with Gasteiger partial charge < -0.3 is 28.5 Å². The Morgan fingerprint density at radius 2 is 1.83 bits per heavy atom. The molecule has 2 nitrogen and oxygen atoms in total. The number of nitriles is 1. The number of hydrogen-bond donors (Lipinski definition) is 0. The predicted molar refractivity (Wildman–Crippen MR) is 42.7 cm³/mol. The largest absolute Gasteiger partial charge is 1.00 e. The van der Waals surface area contributed by atoms with Crippen LogP contribution in [-0.4, -0.2) is 30.2 Å². The van der Waals surface area contributed by atoms with Crippen molar-refractivity contribution in [2.24, 2.45) is 0 Å². The molecule has 12 heavy (non-hydrogen) atoms. The molecule has 2 bridgehead atoms. The number of fused-ring (bicyclic) bond motifs is 2. The molecule has 0 aromatic rings. The van der Waals surface area contributed by atoms with Crippen molar-refractivity contribution >= 4 is 0 Å². The topological polar surface area (TPSA) is 23.8 Å². The fourth-order valence-corrected chi connectivity index (χ4v) is 2.89. The third-order valence-corrected chi connectivity index (χ3v) is 4.01. The summed E-state index contributed by atoms with van der Waals surface area (Å²) in [5.41, 5.74) is -0.00926. The van der Waals surface area contributed by atoms with Gasteiger partial charge in [0.1, 0.15) is 6.07 Å². The summed E-state index contributed by atoms with van der Waals surface area (Å²) in [6.07, 6.45) is 4.78. The standard InChI is InChI=1S/C9H15N2.HI/c1-11(2)8-3-5-9(11,7-10)6-4-8;/h8H,3-6H2,1-2H3;1H/q+1;/p-1. The number of nitrogens with zero attached hydrogens (tertiary/aromatic N) is 2. The van der Waals surface area contributed by atoms with Gasteiger partial charge in [-0.3, -0.25) is 0 Å².